The highest BCUT2D eigenvalue weighted by molar-refractivity contribution is 9.11. The van der Waals surface area contributed by atoms with Crippen LogP contribution in [0.4, 0.5) is 0 Å². The second kappa shape index (κ2) is 5.07. The van der Waals surface area contributed by atoms with Gasteiger partial charge in [-0.15, -0.1) is 11.3 Å². The molecule has 0 spiro atoms. The fourth-order valence-corrected chi connectivity index (χ4v) is 3.26. The highest BCUT2D eigenvalue weighted by atomic mass is 79.9. The molecule has 16 heavy (non-hydrogen) atoms. The van der Waals surface area contributed by atoms with Gasteiger partial charge in [0.1, 0.15) is 0 Å². The lowest BCUT2D eigenvalue weighted by molar-refractivity contribution is 0.894. The fraction of sp³-hybridized carbons (Fsp3) is 0.0909. The van der Waals surface area contributed by atoms with Crippen LogP contribution in [-0.4, -0.2) is 0 Å². The van der Waals surface area contributed by atoms with Crippen molar-refractivity contribution >= 4 is 50.5 Å². The Morgan fingerprint density at radius 1 is 1.19 bits per heavy atom. The zero-order valence-electron chi connectivity index (χ0n) is 8.08. The Hall–Kier alpha value is -0.0600. The Kier molecular flexibility index (Phi) is 3.93. The third kappa shape index (κ3) is 2.60. The van der Waals surface area contributed by atoms with Crippen LogP contribution >= 0.6 is 50.5 Å². The minimum absolute atomic E-state index is 0.234. The molecule has 2 N–H and O–H groups in total. The number of nitrogens with two attached hydrogens (primary N) is 1. The molecule has 0 amide bonds. The van der Waals surface area contributed by atoms with Gasteiger partial charge >= 0.3 is 0 Å². The summed E-state index contributed by atoms with van der Waals surface area (Å²) in [6.07, 6.45) is 0. The van der Waals surface area contributed by atoms with Gasteiger partial charge in [-0.1, -0.05) is 23.2 Å². The Morgan fingerprint density at radius 3 is 2.56 bits per heavy atom. The lowest BCUT2D eigenvalue weighted by Crippen LogP contribution is -2.10. The van der Waals surface area contributed by atoms with Crippen LogP contribution in [0, 0.1) is 0 Å². The van der Waals surface area contributed by atoms with Gasteiger partial charge in [-0.05, 0) is 51.8 Å². The first-order valence-electron chi connectivity index (χ1n) is 4.53. The van der Waals surface area contributed by atoms with Crippen molar-refractivity contribution in [3.05, 3.63) is 54.6 Å². The molecule has 1 heterocycles. The predicted molar refractivity (Wildman–Crippen MR) is 74.5 cm³/mol. The second-order valence-corrected chi connectivity index (χ2v) is 6.62. The van der Waals surface area contributed by atoms with E-state index in [-0.39, 0.29) is 6.04 Å². The molecule has 0 aliphatic carbocycles. The van der Waals surface area contributed by atoms with Gasteiger partial charge in [0.2, 0.25) is 0 Å². The third-order valence-corrected chi connectivity index (χ3v) is 4.48. The summed E-state index contributed by atoms with van der Waals surface area (Å²) in [5, 5.41) is 1.28. The van der Waals surface area contributed by atoms with Crippen molar-refractivity contribution in [2.24, 2.45) is 5.73 Å². The van der Waals surface area contributed by atoms with E-state index in [1.54, 1.807) is 23.5 Å². The average Bonchev–Trinajstić information content (AvgIpc) is 2.67. The smallest absolute Gasteiger partial charge is 0.0702 e. The van der Waals surface area contributed by atoms with E-state index in [1.807, 2.05) is 18.2 Å². The van der Waals surface area contributed by atoms with Crippen molar-refractivity contribution in [3.63, 3.8) is 0 Å². The van der Waals surface area contributed by atoms with Gasteiger partial charge in [0, 0.05) is 14.9 Å². The van der Waals surface area contributed by atoms with Crippen LogP contribution in [0.2, 0.25) is 10.0 Å². The van der Waals surface area contributed by atoms with Crippen molar-refractivity contribution < 1.29 is 0 Å². The maximum Gasteiger partial charge on any atom is 0.0702 e. The number of hydrogen-bond acceptors (Lipinski definition) is 2. The van der Waals surface area contributed by atoms with Crippen LogP contribution in [0.25, 0.3) is 0 Å². The number of rotatable bonds is 2. The summed E-state index contributed by atoms with van der Waals surface area (Å²) in [6, 6.07) is 9.05. The Balaban J connectivity index is 2.40. The fourth-order valence-electron chi connectivity index (χ4n) is 1.40. The number of hydrogen-bond donors (Lipinski definition) is 1. The lowest BCUT2D eigenvalue weighted by atomic mass is 10.1. The molecule has 5 heteroatoms. The van der Waals surface area contributed by atoms with Gasteiger partial charge < -0.3 is 5.73 Å². The Morgan fingerprint density at radius 2 is 1.94 bits per heavy atom. The highest BCUT2D eigenvalue weighted by Gasteiger charge is 2.14. The van der Waals surface area contributed by atoms with Crippen LogP contribution in [0.5, 0.6) is 0 Å². The van der Waals surface area contributed by atoms with Crippen molar-refractivity contribution in [2.75, 3.05) is 0 Å². The molecule has 0 saturated carbocycles. The monoisotopic (exact) mass is 335 g/mol. The predicted octanol–water partition coefficient (Wildman–Crippen LogP) is 4.87. The first kappa shape index (κ1) is 12.4. The summed E-state index contributed by atoms with van der Waals surface area (Å²) in [6.45, 7) is 0. The third-order valence-electron chi connectivity index (χ3n) is 2.19. The summed E-state index contributed by atoms with van der Waals surface area (Å²) in [7, 11) is 0. The molecular weight excluding hydrogens is 329 g/mol. The van der Waals surface area contributed by atoms with Gasteiger partial charge in [0.05, 0.1) is 9.83 Å². The average molecular weight is 337 g/mol. The maximum atomic E-state index is 6.15. The largest absolute Gasteiger partial charge is 0.320 e. The van der Waals surface area contributed by atoms with Crippen LogP contribution in [0.3, 0.4) is 0 Å². The molecule has 0 aliphatic rings. The second-order valence-electron chi connectivity index (χ2n) is 3.29. The van der Waals surface area contributed by atoms with E-state index < -0.39 is 0 Å². The van der Waals surface area contributed by atoms with Crippen molar-refractivity contribution in [1.82, 2.24) is 0 Å². The quantitative estimate of drug-likeness (QED) is 0.832. The molecule has 1 atom stereocenters. The summed E-state index contributed by atoms with van der Waals surface area (Å²) < 4.78 is 1.05. The lowest BCUT2D eigenvalue weighted by Gasteiger charge is -2.12. The summed E-state index contributed by atoms with van der Waals surface area (Å²) >= 11 is 17.0. The molecular formula is C11H8BrCl2NS. The summed E-state index contributed by atoms with van der Waals surface area (Å²) in [4.78, 5) is 1.05. The zero-order chi connectivity index (χ0) is 11.7. The molecule has 0 saturated heterocycles. The SMILES string of the molecule is NC(c1ccc(Br)s1)c1cc(Cl)ccc1Cl. The highest BCUT2D eigenvalue weighted by Crippen LogP contribution is 2.33. The molecule has 1 unspecified atom stereocenters. The molecule has 0 fully saturated rings. The van der Waals surface area contributed by atoms with Gasteiger partial charge in [-0.3, -0.25) is 0 Å². The van der Waals surface area contributed by atoms with Crippen LogP contribution in [-0.2, 0) is 0 Å². The van der Waals surface area contributed by atoms with E-state index in [9.17, 15) is 0 Å². The Labute approximate surface area is 116 Å². The number of benzene rings is 1. The standard InChI is InChI=1S/C11H8BrCl2NS/c12-10-4-3-9(16-10)11(15)7-5-6(13)1-2-8(7)14/h1-5,11H,15H2. The van der Waals surface area contributed by atoms with Gasteiger partial charge in [-0.25, -0.2) is 0 Å². The minimum Gasteiger partial charge on any atom is -0.320 e. The first-order valence-corrected chi connectivity index (χ1v) is 6.90. The molecule has 2 aromatic rings. The normalized spacial score (nSPS) is 12.8. The van der Waals surface area contributed by atoms with E-state index in [4.69, 9.17) is 28.9 Å². The van der Waals surface area contributed by atoms with E-state index in [0.29, 0.717) is 10.0 Å². The Bertz CT molecular complexity index is 512. The van der Waals surface area contributed by atoms with E-state index in [2.05, 4.69) is 15.9 Å². The topological polar surface area (TPSA) is 26.0 Å². The van der Waals surface area contributed by atoms with E-state index in [1.165, 1.54) is 0 Å². The molecule has 1 nitrogen and oxygen atoms in total. The molecule has 2 rings (SSSR count). The van der Waals surface area contributed by atoms with E-state index >= 15 is 0 Å². The van der Waals surface area contributed by atoms with Crippen molar-refractivity contribution in [2.45, 2.75) is 6.04 Å². The molecule has 0 bridgehead atoms. The number of halogens is 3. The molecule has 0 aliphatic heterocycles. The van der Waals surface area contributed by atoms with Crippen LogP contribution in [0.1, 0.15) is 16.5 Å². The van der Waals surface area contributed by atoms with Crippen molar-refractivity contribution in [1.29, 1.82) is 0 Å². The van der Waals surface area contributed by atoms with Gasteiger partial charge in [0.25, 0.3) is 0 Å². The van der Waals surface area contributed by atoms with Crippen LogP contribution < -0.4 is 5.73 Å². The van der Waals surface area contributed by atoms with E-state index in [0.717, 1.165) is 14.2 Å². The van der Waals surface area contributed by atoms with Crippen molar-refractivity contribution in [3.8, 4) is 0 Å². The summed E-state index contributed by atoms with van der Waals surface area (Å²) in [5.41, 5.74) is 7.00. The minimum atomic E-state index is -0.234. The number of thiophene rings is 1. The summed E-state index contributed by atoms with van der Waals surface area (Å²) in [5.74, 6) is 0. The molecule has 1 aromatic carbocycles. The first-order chi connectivity index (χ1) is 7.58. The molecule has 84 valence electrons. The van der Waals surface area contributed by atoms with Crippen LogP contribution in [0.15, 0.2) is 34.1 Å². The maximum absolute atomic E-state index is 6.15. The van der Waals surface area contributed by atoms with Gasteiger partial charge in [-0.2, -0.15) is 0 Å². The molecule has 0 radical (unpaired) electrons. The molecule has 1 aromatic heterocycles. The zero-order valence-corrected chi connectivity index (χ0v) is 12.0. The van der Waals surface area contributed by atoms with Gasteiger partial charge in [0.15, 0.2) is 0 Å².